The van der Waals surface area contributed by atoms with Crippen LogP contribution in [0.3, 0.4) is 0 Å². The average Bonchev–Trinajstić information content (AvgIpc) is 3.41. The molecule has 33 heavy (non-hydrogen) atoms. The normalized spacial score (nSPS) is 11.1. The zero-order chi connectivity index (χ0) is 22.9. The lowest BCUT2D eigenvalue weighted by Crippen LogP contribution is -2.28. The zero-order valence-corrected chi connectivity index (χ0v) is 17.9. The summed E-state index contributed by atoms with van der Waals surface area (Å²) >= 11 is 0. The van der Waals surface area contributed by atoms with Crippen LogP contribution >= 0.6 is 0 Å². The van der Waals surface area contributed by atoms with E-state index in [9.17, 15) is 9.59 Å². The first-order valence-corrected chi connectivity index (χ1v) is 10.1. The van der Waals surface area contributed by atoms with Crippen molar-refractivity contribution >= 4 is 22.8 Å². The van der Waals surface area contributed by atoms with Crippen molar-refractivity contribution in [1.82, 2.24) is 23.8 Å². The molecule has 0 spiro atoms. The number of hydrogen-bond acceptors (Lipinski definition) is 6. The number of carbonyl (C=O) groups excluding carboxylic acids is 1. The summed E-state index contributed by atoms with van der Waals surface area (Å²) in [6.45, 7) is -0.246. The monoisotopic (exact) mass is 444 g/mol. The van der Waals surface area contributed by atoms with Crippen LogP contribution in [0.4, 0.5) is 5.69 Å². The van der Waals surface area contributed by atoms with E-state index in [1.807, 2.05) is 30.3 Å². The van der Waals surface area contributed by atoms with E-state index < -0.39 is 11.6 Å². The quantitative estimate of drug-likeness (QED) is 0.432. The largest absolute Gasteiger partial charge is 0.497 e. The van der Waals surface area contributed by atoms with Gasteiger partial charge in [-0.1, -0.05) is 12.1 Å². The molecule has 1 amide bonds. The highest BCUT2D eigenvalue weighted by Gasteiger charge is 2.16. The zero-order valence-electron chi connectivity index (χ0n) is 17.9. The van der Waals surface area contributed by atoms with E-state index in [0.29, 0.717) is 22.6 Å². The molecule has 0 aliphatic rings. The number of nitrogens with zero attached hydrogens (tertiary/aromatic N) is 5. The van der Waals surface area contributed by atoms with Gasteiger partial charge in [-0.15, -0.1) is 5.10 Å². The summed E-state index contributed by atoms with van der Waals surface area (Å²) in [5.41, 5.74) is 2.76. The van der Waals surface area contributed by atoms with Crippen molar-refractivity contribution in [2.24, 2.45) is 0 Å². The molecule has 166 valence electrons. The standard InChI is InChI=1S/C23H20N6O4/c1-32-16-9-7-15(8-10-16)18-13-19-22-26-29(23(31)27(22)11-12-28(19)25-18)14-21(30)24-17-5-3-4-6-20(17)33-2/h3-13H,14H2,1-2H3,(H,24,30). The summed E-state index contributed by atoms with van der Waals surface area (Å²) < 4.78 is 14.6. The van der Waals surface area contributed by atoms with E-state index in [1.165, 1.54) is 11.5 Å². The maximum Gasteiger partial charge on any atom is 0.350 e. The van der Waals surface area contributed by atoms with Crippen LogP contribution in [0.25, 0.3) is 22.4 Å². The van der Waals surface area contributed by atoms with Gasteiger partial charge < -0.3 is 14.8 Å². The van der Waals surface area contributed by atoms with Crippen LogP contribution in [-0.2, 0) is 11.3 Å². The van der Waals surface area contributed by atoms with E-state index in [2.05, 4.69) is 15.5 Å². The molecule has 0 aliphatic carbocycles. The summed E-state index contributed by atoms with van der Waals surface area (Å²) in [7, 11) is 3.13. The van der Waals surface area contributed by atoms with Gasteiger partial charge in [0.05, 0.1) is 25.6 Å². The minimum absolute atomic E-state index is 0.246. The predicted octanol–water partition coefficient (Wildman–Crippen LogP) is 2.47. The first-order valence-electron chi connectivity index (χ1n) is 10.1. The molecule has 0 aliphatic heterocycles. The number of fused-ring (bicyclic) bond motifs is 3. The molecule has 0 fully saturated rings. The number of ether oxygens (including phenoxy) is 2. The van der Waals surface area contributed by atoms with E-state index in [1.54, 1.807) is 48.3 Å². The predicted molar refractivity (Wildman–Crippen MR) is 122 cm³/mol. The number of methoxy groups -OCH3 is 2. The molecule has 5 aromatic rings. The van der Waals surface area contributed by atoms with Crippen LogP contribution < -0.4 is 20.5 Å². The number of benzene rings is 2. The molecule has 10 heteroatoms. The van der Waals surface area contributed by atoms with Gasteiger partial charge in [-0.2, -0.15) is 5.10 Å². The van der Waals surface area contributed by atoms with Crippen LogP contribution in [0, 0.1) is 0 Å². The molecule has 0 atom stereocenters. The van der Waals surface area contributed by atoms with Gasteiger partial charge in [-0.05, 0) is 42.5 Å². The van der Waals surface area contributed by atoms with Crippen molar-refractivity contribution in [2.45, 2.75) is 6.54 Å². The molecular formula is C23H20N6O4. The Kier molecular flexibility index (Phi) is 5.02. The number of carbonyl (C=O) groups is 1. The summed E-state index contributed by atoms with van der Waals surface area (Å²) in [6, 6.07) is 16.4. The van der Waals surface area contributed by atoms with Crippen molar-refractivity contribution < 1.29 is 14.3 Å². The van der Waals surface area contributed by atoms with Crippen LogP contribution in [0.2, 0.25) is 0 Å². The van der Waals surface area contributed by atoms with Crippen LogP contribution in [0.15, 0.2) is 71.8 Å². The highest BCUT2D eigenvalue weighted by atomic mass is 16.5. The smallest absolute Gasteiger partial charge is 0.350 e. The van der Waals surface area contributed by atoms with E-state index >= 15 is 0 Å². The van der Waals surface area contributed by atoms with Gasteiger partial charge in [0, 0.05) is 18.0 Å². The first kappa shape index (κ1) is 20.3. The highest BCUT2D eigenvalue weighted by molar-refractivity contribution is 5.92. The van der Waals surface area contributed by atoms with Crippen LogP contribution in [0.1, 0.15) is 0 Å². The maximum absolute atomic E-state index is 12.8. The van der Waals surface area contributed by atoms with Gasteiger partial charge in [-0.25, -0.2) is 18.4 Å². The van der Waals surface area contributed by atoms with Crippen molar-refractivity contribution in [3.8, 4) is 22.8 Å². The Hall–Kier alpha value is -4.60. The lowest BCUT2D eigenvalue weighted by molar-refractivity contribution is -0.117. The second-order valence-corrected chi connectivity index (χ2v) is 7.27. The fourth-order valence-electron chi connectivity index (χ4n) is 3.61. The third kappa shape index (κ3) is 3.67. The fourth-order valence-corrected chi connectivity index (χ4v) is 3.61. The maximum atomic E-state index is 12.8. The minimum Gasteiger partial charge on any atom is -0.497 e. The Balaban J connectivity index is 1.47. The van der Waals surface area contributed by atoms with Gasteiger partial charge in [0.25, 0.3) is 0 Å². The highest BCUT2D eigenvalue weighted by Crippen LogP contribution is 2.24. The summed E-state index contributed by atoms with van der Waals surface area (Å²) in [5.74, 6) is 0.885. The second-order valence-electron chi connectivity index (χ2n) is 7.27. The van der Waals surface area contributed by atoms with E-state index in [4.69, 9.17) is 9.47 Å². The molecular weight excluding hydrogens is 424 g/mol. The Morgan fingerprint density at radius 1 is 1.00 bits per heavy atom. The van der Waals surface area contributed by atoms with Gasteiger partial charge >= 0.3 is 5.69 Å². The molecule has 10 nitrogen and oxygen atoms in total. The van der Waals surface area contributed by atoms with Gasteiger partial charge in [0.2, 0.25) is 5.91 Å². The molecule has 2 aromatic carbocycles. The SMILES string of the molecule is COc1ccc(-c2cc3c4nn(CC(=O)Nc5ccccc5OC)c(=O)n4ccn3n2)cc1. The minimum atomic E-state index is -0.421. The van der Waals surface area contributed by atoms with Gasteiger partial charge in [-0.3, -0.25) is 4.79 Å². The van der Waals surface area contributed by atoms with Crippen molar-refractivity contribution in [3.05, 3.63) is 77.5 Å². The van der Waals surface area contributed by atoms with E-state index in [-0.39, 0.29) is 6.54 Å². The number of anilines is 1. The molecule has 0 saturated carbocycles. The van der Waals surface area contributed by atoms with Crippen molar-refractivity contribution in [3.63, 3.8) is 0 Å². The molecule has 5 rings (SSSR count). The van der Waals surface area contributed by atoms with Crippen molar-refractivity contribution in [1.29, 1.82) is 0 Å². The lowest BCUT2D eigenvalue weighted by Gasteiger charge is -2.09. The Morgan fingerprint density at radius 2 is 1.79 bits per heavy atom. The number of para-hydroxylation sites is 2. The summed E-state index contributed by atoms with van der Waals surface area (Å²) in [6.07, 6.45) is 3.26. The van der Waals surface area contributed by atoms with Crippen LogP contribution in [0.5, 0.6) is 11.5 Å². The third-order valence-corrected chi connectivity index (χ3v) is 5.25. The van der Waals surface area contributed by atoms with Crippen LogP contribution in [-0.4, -0.2) is 43.9 Å². The van der Waals surface area contributed by atoms with E-state index in [0.717, 1.165) is 21.7 Å². The third-order valence-electron chi connectivity index (χ3n) is 5.25. The van der Waals surface area contributed by atoms with Crippen molar-refractivity contribution in [2.75, 3.05) is 19.5 Å². The topological polar surface area (TPSA) is 104 Å². The van der Waals surface area contributed by atoms with Gasteiger partial charge in [0.15, 0.2) is 5.65 Å². The van der Waals surface area contributed by atoms with Gasteiger partial charge in [0.1, 0.15) is 23.6 Å². The Bertz CT molecular complexity index is 1530. The summed E-state index contributed by atoms with van der Waals surface area (Å²) in [4.78, 5) is 25.4. The number of nitrogens with one attached hydrogen (secondary N) is 1. The molecule has 0 bridgehead atoms. The fraction of sp³-hybridized carbons (Fsp3) is 0.130. The Labute approximate surface area is 187 Å². The number of hydrogen-bond donors (Lipinski definition) is 1. The number of aromatic nitrogens is 5. The Morgan fingerprint density at radius 3 is 2.55 bits per heavy atom. The molecule has 0 radical (unpaired) electrons. The second kappa shape index (κ2) is 8.15. The number of amides is 1. The molecule has 3 aromatic heterocycles. The lowest BCUT2D eigenvalue weighted by atomic mass is 10.1. The summed E-state index contributed by atoms with van der Waals surface area (Å²) in [5, 5.41) is 11.7. The molecule has 1 N–H and O–H groups in total. The first-order chi connectivity index (χ1) is 16.1. The molecule has 0 unspecified atom stereocenters. The molecule has 0 saturated heterocycles. The average molecular weight is 444 g/mol. The molecule has 3 heterocycles. The number of rotatable bonds is 6.